The third kappa shape index (κ3) is 4.44. The van der Waals surface area contributed by atoms with Gasteiger partial charge in [-0.3, -0.25) is 4.90 Å². The van der Waals surface area contributed by atoms with Crippen LogP contribution in [0.25, 0.3) is 0 Å². The van der Waals surface area contributed by atoms with E-state index in [1.165, 1.54) is 45.2 Å². The fourth-order valence-electron chi connectivity index (χ4n) is 2.50. The molecule has 0 saturated carbocycles. The second-order valence-corrected chi connectivity index (χ2v) is 6.24. The molecule has 90 valence electrons. The predicted octanol–water partition coefficient (Wildman–Crippen LogP) is 4.06. The molecule has 2 heteroatoms. The fraction of sp³-hybridized carbons (Fsp3) is 1.00. The number of hydrogen-bond acceptors (Lipinski definition) is 1. The van der Waals surface area contributed by atoms with Crippen LogP contribution in [-0.4, -0.2) is 29.4 Å². The van der Waals surface area contributed by atoms with Crippen molar-refractivity contribution in [3.05, 3.63) is 0 Å². The van der Waals surface area contributed by atoms with Crippen LogP contribution in [0, 0.1) is 5.41 Å². The Bertz CT molecular complexity index is 179. The van der Waals surface area contributed by atoms with Gasteiger partial charge in [0.1, 0.15) is 0 Å². The maximum Gasteiger partial charge on any atom is 0.00949 e. The Hall–Kier alpha value is 0.440. The quantitative estimate of drug-likeness (QED) is 0.700. The molecule has 1 aliphatic rings. The Labute approximate surface area is 104 Å². The number of rotatable bonds is 4. The highest BCUT2D eigenvalue weighted by Gasteiger charge is 2.25. The topological polar surface area (TPSA) is 3.24 Å². The highest BCUT2D eigenvalue weighted by atomic mass is 79.9. The van der Waals surface area contributed by atoms with E-state index in [9.17, 15) is 0 Å². The third-order valence-electron chi connectivity index (χ3n) is 3.46. The zero-order valence-electron chi connectivity index (χ0n) is 10.6. The second kappa shape index (κ2) is 6.24. The van der Waals surface area contributed by atoms with Crippen molar-refractivity contribution in [3.8, 4) is 0 Å². The molecule has 0 aromatic heterocycles. The van der Waals surface area contributed by atoms with E-state index in [4.69, 9.17) is 0 Å². The first-order valence-electron chi connectivity index (χ1n) is 6.39. The predicted molar refractivity (Wildman–Crippen MR) is 71.7 cm³/mol. The monoisotopic (exact) mass is 275 g/mol. The van der Waals surface area contributed by atoms with Gasteiger partial charge in [0.15, 0.2) is 0 Å². The summed E-state index contributed by atoms with van der Waals surface area (Å²) >= 11 is 3.63. The van der Waals surface area contributed by atoms with Crippen LogP contribution in [-0.2, 0) is 0 Å². The second-order valence-electron chi connectivity index (χ2n) is 5.68. The molecule has 0 amide bonds. The van der Waals surface area contributed by atoms with E-state index in [1.54, 1.807) is 0 Å². The molecule has 1 heterocycles. The molecular weight excluding hydrogens is 250 g/mol. The molecule has 0 bridgehead atoms. The van der Waals surface area contributed by atoms with Gasteiger partial charge in [0, 0.05) is 17.9 Å². The zero-order valence-corrected chi connectivity index (χ0v) is 12.1. The Morgan fingerprint density at radius 2 is 2.00 bits per heavy atom. The lowest BCUT2D eigenvalue weighted by Crippen LogP contribution is -2.41. The highest BCUT2D eigenvalue weighted by molar-refractivity contribution is 9.09. The Morgan fingerprint density at radius 3 is 2.60 bits per heavy atom. The lowest BCUT2D eigenvalue weighted by molar-refractivity contribution is 0.140. The van der Waals surface area contributed by atoms with Crippen LogP contribution in [0.4, 0.5) is 0 Å². The third-order valence-corrected chi connectivity index (χ3v) is 4.98. The number of halogens is 1. The van der Waals surface area contributed by atoms with E-state index in [0.29, 0.717) is 5.41 Å². The average molecular weight is 276 g/mol. The summed E-state index contributed by atoms with van der Waals surface area (Å²) in [6.07, 6.45) is 6.99. The first-order chi connectivity index (χ1) is 7.09. The van der Waals surface area contributed by atoms with E-state index in [2.05, 4.69) is 41.6 Å². The van der Waals surface area contributed by atoms with Gasteiger partial charge < -0.3 is 0 Å². The summed E-state index contributed by atoms with van der Waals surface area (Å²) < 4.78 is 0. The number of alkyl halides is 1. The number of likely N-dealkylation sites (tertiary alicyclic amines) is 1. The van der Waals surface area contributed by atoms with Crippen molar-refractivity contribution < 1.29 is 0 Å². The molecule has 0 spiro atoms. The van der Waals surface area contributed by atoms with Crippen LogP contribution in [0.2, 0.25) is 0 Å². The molecule has 1 saturated heterocycles. The summed E-state index contributed by atoms with van der Waals surface area (Å²) in [4.78, 5) is 2.73. The van der Waals surface area contributed by atoms with Crippen LogP contribution < -0.4 is 0 Å². The molecule has 0 aromatic carbocycles. The van der Waals surface area contributed by atoms with Crippen molar-refractivity contribution in [3.63, 3.8) is 0 Å². The zero-order chi connectivity index (χ0) is 11.3. The van der Waals surface area contributed by atoms with Crippen LogP contribution in [0.3, 0.4) is 0 Å². The molecule has 1 nitrogen and oxygen atoms in total. The largest absolute Gasteiger partial charge is 0.300 e. The van der Waals surface area contributed by atoms with Crippen LogP contribution in [0.15, 0.2) is 0 Å². The van der Waals surface area contributed by atoms with Crippen LogP contribution >= 0.6 is 15.9 Å². The van der Waals surface area contributed by atoms with Gasteiger partial charge in [-0.15, -0.1) is 0 Å². The van der Waals surface area contributed by atoms with Gasteiger partial charge >= 0.3 is 0 Å². The van der Waals surface area contributed by atoms with Crippen molar-refractivity contribution >= 4 is 15.9 Å². The molecule has 0 aromatic rings. The van der Waals surface area contributed by atoms with Crippen molar-refractivity contribution in [2.45, 2.75) is 58.9 Å². The lowest BCUT2D eigenvalue weighted by atomic mass is 9.94. The molecule has 0 radical (unpaired) electrons. The smallest absolute Gasteiger partial charge is 0.00949 e. The number of hydrogen-bond donors (Lipinski definition) is 0. The van der Waals surface area contributed by atoms with Crippen molar-refractivity contribution in [2.75, 3.05) is 18.4 Å². The molecule has 1 fully saturated rings. The lowest BCUT2D eigenvalue weighted by Gasteiger charge is -2.35. The van der Waals surface area contributed by atoms with E-state index in [-0.39, 0.29) is 0 Å². The molecule has 1 aliphatic heterocycles. The van der Waals surface area contributed by atoms with Gasteiger partial charge in [-0.2, -0.15) is 0 Å². The van der Waals surface area contributed by atoms with Crippen molar-refractivity contribution in [1.29, 1.82) is 0 Å². The SMILES string of the molecule is CCC1CCCCCN1CC(C)(C)CBr. The Kier molecular flexibility index (Phi) is 5.62. The van der Waals surface area contributed by atoms with Gasteiger partial charge in [-0.25, -0.2) is 0 Å². The van der Waals surface area contributed by atoms with Crippen molar-refractivity contribution in [1.82, 2.24) is 4.90 Å². The summed E-state index contributed by atoms with van der Waals surface area (Å²) in [5.74, 6) is 0. The van der Waals surface area contributed by atoms with E-state index in [0.717, 1.165) is 11.4 Å². The minimum absolute atomic E-state index is 0.414. The van der Waals surface area contributed by atoms with E-state index < -0.39 is 0 Å². The standard InChI is InChI=1S/C13H26BrN/c1-4-12-8-6-5-7-9-15(12)11-13(2,3)10-14/h12H,4-11H2,1-3H3. The van der Waals surface area contributed by atoms with E-state index >= 15 is 0 Å². The van der Waals surface area contributed by atoms with Gasteiger partial charge in [-0.1, -0.05) is 49.5 Å². The molecule has 15 heavy (non-hydrogen) atoms. The van der Waals surface area contributed by atoms with Crippen molar-refractivity contribution in [2.24, 2.45) is 5.41 Å². The number of nitrogens with zero attached hydrogens (tertiary/aromatic N) is 1. The molecule has 1 atom stereocenters. The molecule has 0 aliphatic carbocycles. The molecule has 1 rings (SSSR count). The summed E-state index contributed by atoms with van der Waals surface area (Å²) in [6.45, 7) is 9.62. The Morgan fingerprint density at radius 1 is 1.27 bits per heavy atom. The van der Waals surface area contributed by atoms with Gasteiger partial charge in [-0.05, 0) is 31.2 Å². The first kappa shape index (κ1) is 13.5. The average Bonchev–Trinajstić information content (AvgIpc) is 2.42. The molecule has 0 N–H and O–H groups in total. The maximum atomic E-state index is 3.63. The normalized spacial score (nSPS) is 25.2. The summed E-state index contributed by atoms with van der Waals surface area (Å²) in [5.41, 5.74) is 0.414. The minimum Gasteiger partial charge on any atom is -0.300 e. The highest BCUT2D eigenvalue weighted by Crippen LogP contribution is 2.25. The Balaban J connectivity index is 2.55. The summed E-state index contributed by atoms with van der Waals surface area (Å²) in [5, 5.41) is 1.10. The summed E-state index contributed by atoms with van der Waals surface area (Å²) in [7, 11) is 0. The minimum atomic E-state index is 0.414. The summed E-state index contributed by atoms with van der Waals surface area (Å²) in [6, 6.07) is 0.839. The van der Waals surface area contributed by atoms with E-state index in [1.807, 2.05) is 0 Å². The van der Waals surface area contributed by atoms with Crippen LogP contribution in [0.1, 0.15) is 52.9 Å². The molecular formula is C13H26BrN. The molecule has 1 unspecified atom stereocenters. The van der Waals surface area contributed by atoms with Crippen LogP contribution in [0.5, 0.6) is 0 Å². The first-order valence-corrected chi connectivity index (χ1v) is 7.51. The van der Waals surface area contributed by atoms with Gasteiger partial charge in [0.05, 0.1) is 0 Å². The maximum absolute atomic E-state index is 3.63. The van der Waals surface area contributed by atoms with Gasteiger partial charge in [0.25, 0.3) is 0 Å². The van der Waals surface area contributed by atoms with Gasteiger partial charge in [0.2, 0.25) is 0 Å². The fourth-order valence-corrected chi connectivity index (χ4v) is 2.68.